The Bertz CT molecular complexity index is 654. The van der Waals surface area contributed by atoms with Crippen LogP contribution in [0.4, 0.5) is 0 Å². The summed E-state index contributed by atoms with van der Waals surface area (Å²) in [5, 5.41) is 3.04. The van der Waals surface area contributed by atoms with Crippen LogP contribution in [0.5, 0.6) is 0 Å². The first kappa shape index (κ1) is 15.7. The van der Waals surface area contributed by atoms with Gasteiger partial charge in [0, 0.05) is 5.57 Å². The molecule has 0 atom stereocenters. The lowest BCUT2D eigenvalue weighted by molar-refractivity contribution is 1.26. The molecule has 0 nitrogen and oxygen atoms in total. The third kappa shape index (κ3) is 3.00. The van der Waals surface area contributed by atoms with Gasteiger partial charge in [0.25, 0.3) is 0 Å². The van der Waals surface area contributed by atoms with Crippen LogP contribution in [0.1, 0.15) is 44.5 Å². The van der Waals surface area contributed by atoms with Crippen molar-refractivity contribution in [3.05, 3.63) is 68.8 Å². The van der Waals surface area contributed by atoms with E-state index in [4.69, 9.17) is 12.2 Å². The minimum Gasteiger partial charge on any atom is -0.0557 e. The van der Waals surface area contributed by atoms with Gasteiger partial charge in [0.2, 0.25) is 0 Å². The van der Waals surface area contributed by atoms with E-state index in [-0.39, 0.29) is 0 Å². The molecule has 1 heteroatoms. The molecule has 0 aliphatic rings. The molecule has 0 spiro atoms. The first-order chi connectivity index (χ1) is 9.85. The first-order valence-electron chi connectivity index (χ1n) is 7.26. The third-order valence-corrected chi connectivity index (χ3v) is 4.16. The molecule has 2 aromatic carbocycles. The summed E-state index contributed by atoms with van der Waals surface area (Å²) in [4.78, 5) is 0. The van der Waals surface area contributed by atoms with Crippen molar-refractivity contribution in [1.29, 1.82) is 0 Å². The summed E-state index contributed by atoms with van der Waals surface area (Å²) in [6.45, 7) is 12.9. The molecule has 21 heavy (non-hydrogen) atoms. The third-order valence-electron chi connectivity index (χ3n) is 3.96. The Labute approximate surface area is 133 Å². The summed E-state index contributed by atoms with van der Waals surface area (Å²) >= 11 is 5.25. The quantitative estimate of drug-likeness (QED) is 0.653. The standard InChI is InChI=1S/C20H22S/c1-12-7-14(3)19(15(4)8-12)18(11-21)20-16(5)9-13(2)10-17(20)6/h7-10H,1-6H3. The molecule has 0 saturated carbocycles. The van der Waals surface area contributed by atoms with Gasteiger partial charge >= 0.3 is 0 Å². The number of aryl methyl sites for hydroxylation is 6. The predicted molar refractivity (Wildman–Crippen MR) is 96.4 cm³/mol. The summed E-state index contributed by atoms with van der Waals surface area (Å²) in [7, 11) is 0. The topological polar surface area (TPSA) is 0 Å². The molecule has 0 radical (unpaired) electrons. The molecule has 0 amide bonds. The molecule has 0 unspecified atom stereocenters. The summed E-state index contributed by atoms with van der Waals surface area (Å²) in [5.41, 5.74) is 11.1. The smallest absolute Gasteiger partial charge is 0.0435 e. The summed E-state index contributed by atoms with van der Waals surface area (Å²) in [6, 6.07) is 8.86. The first-order valence-corrected chi connectivity index (χ1v) is 7.67. The molecule has 0 aliphatic heterocycles. The molecule has 0 fully saturated rings. The van der Waals surface area contributed by atoms with Crippen molar-refractivity contribution in [2.24, 2.45) is 0 Å². The maximum atomic E-state index is 5.25. The number of thiocarbonyl (C=S) groups is 1. The van der Waals surface area contributed by atoms with E-state index in [0.29, 0.717) is 0 Å². The molecule has 0 bridgehead atoms. The molecule has 0 aliphatic carbocycles. The molecule has 2 aromatic rings. The lowest BCUT2D eigenvalue weighted by atomic mass is 9.86. The average molecular weight is 294 g/mol. The lowest BCUT2D eigenvalue weighted by Gasteiger charge is -2.17. The number of benzene rings is 2. The maximum Gasteiger partial charge on any atom is 0.0435 e. The number of hydrogen-bond donors (Lipinski definition) is 0. The van der Waals surface area contributed by atoms with E-state index in [1.165, 1.54) is 44.5 Å². The Hall–Kier alpha value is -1.69. The maximum absolute atomic E-state index is 5.25. The summed E-state index contributed by atoms with van der Waals surface area (Å²) < 4.78 is 0. The Balaban J connectivity index is 2.77. The van der Waals surface area contributed by atoms with Crippen molar-refractivity contribution < 1.29 is 0 Å². The molecule has 0 heterocycles. The molecule has 108 valence electrons. The molecular formula is C20H22S. The number of rotatable bonds is 2. The van der Waals surface area contributed by atoms with Crippen LogP contribution in [-0.4, -0.2) is 5.02 Å². The van der Waals surface area contributed by atoms with Crippen molar-refractivity contribution in [3.63, 3.8) is 0 Å². The summed E-state index contributed by atoms with van der Waals surface area (Å²) in [5.74, 6) is 0. The fraction of sp³-hybridized carbons (Fsp3) is 0.300. The Morgan fingerprint density at radius 2 is 0.952 bits per heavy atom. The van der Waals surface area contributed by atoms with Crippen molar-refractivity contribution in [3.8, 4) is 0 Å². The second-order valence-electron chi connectivity index (χ2n) is 6.02. The van der Waals surface area contributed by atoms with E-state index >= 15 is 0 Å². The summed E-state index contributed by atoms with van der Waals surface area (Å²) in [6.07, 6.45) is 0. The lowest BCUT2D eigenvalue weighted by Crippen LogP contribution is -2.01. The zero-order valence-electron chi connectivity index (χ0n) is 13.7. The minimum absolute atomic E-state index is 1.05. The average Bonchev–Trinajstić information content (AvgIpc) is 2.34. The van der Waals surface area contributed by atoms with Gasteiger partial charge in [-0.05, 0) is 92.2 Å². The zero-order chi connectivity index (χ0) is 15.7. The van der Waals surface area contributed by atoms with Crippen LogP contribution in [-0.2, 0) is 0 Å². The molecular weight excluding hydrogens is 272 g/mol. The molecule has 0 aromatic heterocycles. The van der Waals surface area contributed by atoms with Gasteiger partial charge in [-0.3, -0.25) is 0 Å². The van der Waals surface area contributed by atoms with Gasteiger partial charge in [0.05, 0.1) is 0 Å². The molecule has 0 saturated heterocycles. The zero-order valence-corrected chi connectivity index (χ0v) is 14.5. The van der Waals surface area contributed by atoms with Crippen LogP contribution in [0.25, 0.3) is 5.57 Å². The largest absolute Gasteiger partial charge is 0.0557 e. The fourth-order valence-electron chi connectivity index (χ4n) is 3.38. The van der Waals surface area contributed by atoms with Crippen LogP contribution in [0.15, 0.2) is 24.3 Å². The van der Waals surface area contributed by atoms with E-state index in [0.717, 1.165) is 5.57 Å². The van der Waals surface area contributed by atoms with E-state index < -0.39 is 0 Å². The monoisotopic (exact) mass is 294 g/mol. The molecule has 0 N–H and O–H groups in total. The highest BCUT2D eigenvalue weighted by Crippen LogP contribution is 2.32. The van der Waals surface area contributed by atoms with Crippen LogP contribution < -0.4 is 0 Å². The van der Waals surface area contributed by atoms with Crippen molar-refractivity contribution >= 4 is 22.8 Å². The van der Waals surface area contributed by atoms with Gasteiger partial charge < -0.3 is 0 Å². The second-order valence-corrected chi connectivity index (χ2v) is 6.23. The van der Waals surface area contributed by atoms with Gasteiger partial charge in [-0.15, -0.1) is 0 Å². The highest BCUT2D eigenvalue weighted by molar-refractivity contribution is 7.78. The van der Waals surface area contributed by atoms with Crippen LogP contribution in [0, 0.1) is 41.5 Å². The van der Waals surface area contributed by atoms with Crippen molar-refractivity contribution in [1.82, 2.24) is 0 Å². The van der Waals surface area contributed by atoms with Gasteiger partial charge in [0.15, 0.2) is 0 Å². The Morgan fingerprint density at radius 1 is 0.667 bits per heavy atom. The highest BCUT2D eigenvalue weighted by atomic mass is 32.1. The molecule has 2 rings (SSSR count). The van der Waals surface area contributed by atoms with Crippen LogP contribution in [0.3, 0.4) is 0 Å². The van der Waals surface area contributed by atoms with Gasteiger partial charge in [-0.2, -0.15) is 0 Å². The predicted octanol–water partition coefficient (Wildman–Crippen LogP) is 5.57. The fourth-order valence-corrected chi connectivity index (χ4v) is 3.58. The van der Waals surface area contributed by atoms with E-state index in [1.807, 2.05) is 0 Å². The van der Waals surface area contributed by atoms with Gasteiger partial charge in [0.1, 0.15) is 0 Å². The van der Waals surface area contributed by atoms with E-state index in [1.54, 1.807) is 0 Å². The van der Waals surface area contributed by atoms with E-state index in [9.17, 15) is 0 Å². The minimum atomic E-state index is 1.05. The van der Waals surface area contributed by atoms with Gasteiger partial charge in [-0.25, -0.2) is 0 Å². The SMILES string of the molecule is Cc1cc(C)c(C(=C=S)c2c(C)cc(C)cc2C)c(C)c1. The van der Waals surface area contributed by atoms with Crippen LogP contribution >= 0.6 is 12.2 Å². The van der Waals surface area contributed by atoms with Gasteiger partial charge in [-0.1, -0.05) is 35.4 Å². The van der Waals surface area contributed by atoms with Crippen molar-refractivity contribution in [2.75, 3.05) is 0 Å². The normalized spacial score (nSPS) is 10.4. The van der Waals surface area contributed by atoms with E-state index in [2.05, 4.69) is 70.8 Å². The Morgan fingerprint density at radius 3 is 1.19 bits per heavy atom. The second kappa shape index (κ2) is 5.97. The van der Waals surface area contributed by atoms with Crippen molar-refractivity contribution in [2.45, 2.75) is 41.5 Å². The Kier molecular flexibility index (Phi) is 4.46. The number of hydrogen-bond acceptors (Lipinski definition) is 1. The highest BCUT2D eigenvalue weighted by Gasteiger charge is 2.15. The van der Waals surface area contributed by atoms with Crippen LogP contribution in [0.2, 0.25) is 0 Å².